The molecule has 36 heavy (non-hydrogen) atoms. The van der Waals surface area contributed by atoms with Crippen molar-refractivity contribution >= 4 is 11.9 Å². The number of phenols is 1. The van der Waals surface area contributed by atoms with E-state index in [1.54, 1.807) is 39.8 Å². The van der Waals surface area contributed by atoms with Gasteiger partial charge in [0.05, 0.1) is 13.2 Å². The lowest BCUT2D eigenvalue weighted by Gasteiger charge is -2.21. The zero-order chi connectivity index (χ0) is 26.6. The normalized spacial score (nSPS) is 11.8. The summed E-state index contributed by atoms with van der Waals surface area (Å²) in [5.74, 6) is 3.15. The van der Waals surface area contributed by atoms with Crippen LogP contribution in [-0.4, -0.2) is 29.1 Å². The lowest BCUT2D eigenvalue weighted by Crippen LogP contribution is -2.30. The summed E-state index contributed by atoms with van der Waals surface area (Å²) in [4.78, 5) is 29.4. The maximum absolute atomic E-state index is 14.4. The Labute approximate surface area is 208 Å². The molecule has 0 saturated carbocycles. The van der Waals surface area contributed by atoms with Crippen molar-refractivity contribution in [2.75, 3.05) is 7.11 Å². The highest BCUT2D eigenvalue weighted by Crippen LogP contribution is 2.31. The van der Waals surface area contributed by atoms with Gasteiger partial charge in [0, 0.05) is 16.8 Å². The van der Waals surface area contributed by atoms with E-state index in [1.807, 2.05) is 0 Å². The first kappa shape index (κ1) is 26.4. The van der Waals surface area contributed by atoms with E-state index in [0.29, 0.717) is 22.4 Å². The molecule has 6 nitrogen and oxygen atoms in total. The van der Waals surface area contributed by atoms with Gasteiger partial charge in [0.15, 0.2) is 0 Å². The van der Waals surface area contributed by atoms with Gasteiger partial charge >= 0.3 is 5.97 Å². The molecule has 0 aliphatic rings. The topological polar surface area (TPSA) is 88.5 Å². The van der Waals surface area contributed by atoms with Crippen LogP contribution in [0.3, 0.4) is 0 Å². The standard InChI is InChI=1S/C28H26F2N2O4/c1-16-6-7-19(14-22(16)30)25(21-15-20(29)8-9-24(21)33)32-26(34)23-13-18(12-17(2)31-23)10-11-28(3,4)27(35)36-5/h6-9,12-15,25,33H,1-5H3,(H,32,34)/t25-/m1/s1. The average Bonchev–Trinajstić information content (AvgIpc) is 2.83. The fourth-order valence-electron chi connectivity index (χ4n) is 3.48. The van der Waals surface area contributed by atoms with Gasteiger partial charge in [-0.2, -0.15) is 0 Å². The summed E-state index contributed by atoms with van der Waals surface area (Å²) in [6.07, 6.45) is 0. The van der Waals surface area contributed by atoms with E-state index < -0.39 is 35.0 Å². The van der Waals surface area contributed by atoms with Crippen LogP contribution in [0.25, 0.3) is 0 Å². The van der Waals surface area contributed by atoms with Crippen LogP contribution >= 0.6 is 0 Å². The lowest BCUT2D eigenvalue weighted by molar-refractivity contribution is -0.147. The number of carbonyl (C=O) groups excluding carboxylic acids is 2. The number of carbonyl (C=O) groups is 2. The Morgan fingerprint density at radius 1 is 1.08 bits per heavy atom. The Morgan fingerprint density at radius 3 is 2.47 bits per heavy atom. The maximum Gasteiger partial charge on any atom is 0.323 e. The molecule has 0 radical (unpaired) electrons. The van der Waals surface area contributed by atoms with Gasteiger partial charge in [-0.05, 0) is 75.2 Å². The molecule has 186 valence electrons. The zero-order valence-corrected chi connectivity index (χ0v) is 20.6. The number of aryl methyl sites for hydroxylation is 2. The number of hydrogen-bond acceptors (Lipinski definition) is 5. The summed E-state index contributed by atoms with van der Waals surface area (Å²) in [6, 6.07) is 9.69. The Bertz CT molecular complexity index is 1390. The molecule has 1 heterocycles. The third kappa shape index (κ3) is 6.05. The lowest BCUT2D eigenvalue weighted by atomic mass is 9.94. The molecule has 3 aromatic rings. The maximum atomic E-state index is 14.4. The van der Waals surface area contributed by atoms with Crippen molar-refractivity contribution in [3.05, 3.63) is 93.8 Å². The number of amides is 1. The van der Waals surface area contributed by atoms with Gasteiger partial charge in [-0.3, -0.25) is 9.59 Å². The molecule has 0 fully saturated rings. The zero-order valence-electron chi connectivity index (χ0n) is 20.6. The summed E-state index contributed by atoms with van der Waals surface area (Å²) in [5.41, 5.74) is 0.628. The molecule has 0 unspecified atom stereocenters. The molecule has 0 saturated heterocycles. The Morgan fingerprint density at radius 2 is 1.81 bits per heavy atom. The molecule has 0 aliphatic heterocycles. The molecular weight excluding hydrogens is 466 g/mol. The second-order valence-electron chi connectivity index (χ2n) is 8.87. The number of phenolic OH excluding ortho intramolecular Hbond substituents is 1. The number of methoxy groups -OCH3 is 1. The quantitative estimate of drug-likeness (QED) is 0.396. The largest absolute Gasteiger partial charge is 0.508 e. The van der Waals surface area contributed by atoms with E-state index >= 15 is 0 Å². The van der Waals surface area contributed by atoms with E-state index in [0.717, 1.165) is 18.2 Å². The van der Waals surface area contributed by atoms with Gasteiger partial charge in [0.25, 0.3) is 5.91 Å². The SMILES string of the molecule is COC(=O)C(C)(C)C#Cc1cc(C)nc(C(=O)N[C@H](c2ccc(C)c(F)c2)c2cc(F)ccc2O)c1. The fraction of sp³-hybridized carbons (Fsp3) is 0.250. The Hall–Kier alpha value is -4.25. The van der Waals surface area contributed by atoms with E-state index in [4.69, 9.17) is 4.74 Å². The predicted octanol–water partition coefficient (Wildman–Crippen LogP) is 4.75. The van der Waals surface area contributed by atoms with Crippen LogP contribution < -0.4 is 5.32 Å². The minimum atomic E-state index is -1.07. The Kier molecular flexibility index (Phi) is 7.74. The van der Waals surface area contributed by atoms with E-state index in [1.165, 1.54) is 25.3 Å². The van der Waals surface area contributed by atoms with Gasteiger partial charge in [-0.25, -0.2) is 13.8 Å². The number of rotatable bonds is 5. The van der Waals surface area contributed by atoms with E-state index in [-0.39, 0.29) is 17.0 Å². The molecule has 0 aliphatic carbocycles. The van der Waals surface area contributed by atoms with Crippen molar-refractivity contribution in [1.82, 2.24) is 10.3 Å². The molecule has 0 spiro atoms. The van der Waals surface area contributed by atoms with Crippen molar-refractivity contribution in [1.29, 1.82) is 0 Å². The third-order valence-electron chi connectivity index (χ3n) is 5.51. The van der Waals surface area contributed by atoms with E-state index in [2.05, 4.69) is 22.1 Å². The number of aromatic nitrogens is 1. The van der Waals surface area contributed by atoms with Crippen LogP contribution in [0.4, 0.5) is 8.78 Å². The van der Waals surface area contributed by atoms with Gasteiger partial charge < -0.3 is 15.2 Å². The van der Waals surface area contributed by atoms with Crippen LogP contribution in [0.15, 0.2) is 48.5 Å². The monoisotopic (exact) mass is 492 g/mol. The summed E-state index contributed by atoms with van der Waals surface area (Å²) >= 11 is 0. The van der Waals surface area contributed by atoms with Crippen LogP contribution in [0.5, 0.6) is 5.75 Å². The van der Waals surface area contributed by atoms with Gasteiger partial charge in [-0.1, -0.05) is 24.0 Å². The van der Waals surface area contributed by atoms with Crippen molar-refractivity contribution in [3.63, 3.8) is 0 Å². The fourth-order valence-corrected chi connectivity index (χ4v) is 3.48. The number of nitrogens with zero attached hydrogens (tertiary/aromatic N) is 1. The van der Waals surface area contributed by atoms with Crippen molar-refractivity contribution in [3.8, 4) is 17.6 Å². The second kappa shape index (κ2) is 10.6. The highest BCUT2D eigenvalue weighted by Gasteiger charge is 2.26. The van der Waals surface area contributed by atoms with Gasteiger partial charge in [-0.15, -0.1) is 0 Å². The highest BCUT2D eigenvalue weighted by atomic mass is 19.1. The second-order valence-corrected chi connectivity index (χ2v) is 8.87. The van der Waals surface area contributed by atoms with Crippen LogP contribution in [-0.2, 0) is 9.53 Å². The molecule has 8 heteroatoms. The summed E-state index contributed by atoms with van der Waals surface area (Å²) in [5, 5.41) is 13.1. The minimum absolute atomic E-state index is 0.00338. The average molecular weight is 493 g/mol. The number of ether oxygens (including phenoxy) is 1. The van der Waals surface area contributed by atoms with Crippen molar-refractivity contribution in [2.24, 2.45) is 5.41 Å². The highest BCUT2D eigenvalue weighted by molar-refractivity contribution is 5.93. The number of pyridine rings is 1. The Balaban J connectivity index is 2.01. The first-order valence-corrected chi connectivity index (χ1v) is 11.1. The third-order valence-corrected chi connectivity index (χ3v) is 5.51. The number of nitrogens with one attached hydrogen (secondary N) is 1. The number of esters is 1. The van der Waals surface area contributed by atoms with Gasteiger partial charge in [0.2, 0.25) is 0 Å². The van der Waals surface area contributed by atoms with Gasteiger partial charge in [0.1, 0.15) is 28.5 Å². The van der Waals surface area contributed by atoms with Crippen molar-refractivity contribution in [2.45, 2.75) is 33.7 Å². The van der Waals surface area contributed by atoms with Crippen LogP contribution in [0.2, 0.25) is 0 Å². The van der Waals surface area contributed by atoms with Crippen LogP contribution in [0.1, 0.15) is 58.3 Å². The molecule has 3 rings (SSSR count). The number of halogens is 2. The van der Waals surface area contributed by atoms with Crippen molar-refractivity contribution < 1.29 is 28.2 Å². The summed E-state index contributed by atoms with van der Waals surface area (Å²) in [7, 11) is 1.28. The minimum Gasteiger partial charge on any atom is -0.508 e. The summed E-state index contributed by atoms with van der Waals surface area (Å²) in [6.45, 7) is 6.50. The molecule has 1 aromatic heterocycles. The predicted molar refractivity (Wildman–Crippen MR) is 130 cm³/mol. The summed E-state index contributed by atoms with van der Waals surface area (Å²) < 4.78 is 33.2. The smallest absolute Gasteiger partial charge is 0.323 e. The number of aromatic hydroxyl groups is 1. The molecule has 2 N–H and O–H groups in total. The molecule has 1 atom stereocenters. The first-order chi connectivity index (χ1) is 16.9. The number of hydrogen-bond donors (Lipinski definition) is 2. The molecular formula is C28H26F2N2O4. The van der Waals surface area contributed by atoms with Crippen LogP contribution in [0, 0.1) is 42.7 Å². The van der Waals surface area contributed by atoms with E-state index in [9.17, 15) is 23.5 Å². The first-order valence-electron chi connectivity index (χ1n) is 11.1. The molecule has 2 aromatic carbocycles. The molecule has 0 bridgehead atoms. The number of benzene rings is 2. The molecule has 1 amide bonds.